The van der Waals surface area contributed by atoms with Crippen LogP contribution in [0.25, 0.3) is 0 Å². The number of fused-ring (bicyclic) bond motifs is 3. The van der Waals surface area contributed by atoms with E-state index in [1.165, 1.54) is 16.8 Å². The highest BCUT2D eigenvalue weighted by Gasteiger charge is 2.41. The first-order valence-electron chi connectivity index (χ1n) is 11.3. The maximum absolute atomic E-state index is 14.3. The van der Waals surface area contributed by atoms with Gasteiger partial charge < -0.3 is 10.2 Å². The van der Waals surface area contributed by atoms with Crippen LogP contribution in [0.5, 0.6) is 0 Å². The average Bonchev–Trinajstić information content (AvgIpc) is 3.29. The fraction of sp³-hybridized carbons (Fsp3) is 0.565. The molecule has 0 aliphatic carbocycles. The van der Waals surface area contributed by atoms with Crippen molar-refractivity contribution in [2.75, 3.05) is 6.54 Å². The molecule has 2 aromatic rings. The Balaban J connectivity index is 1.37. The predicted molar refractivity (Wildman–Crippen MR) is 114 cm³/mol. The van der Waals surface area contributed by atoms with E-state index in [0.717, 1.165) is 31.7 Å². The van der Waals surface area contributed by atoms with Crippen LogP contribution in [0, 0.1) is 11.7 Å². The number of rotatable bonds is 4. The van der Waals surface area contributed by atoms with Gasteiger partial charge in [0.15, 0.2) is 5.69 Å². The van der Waals surface area contributed by atoms with Crippen LogP contribution in [0.4, 0.5) is 17.6 Å². The molecule has 0 radical (unpaired) electrons. The van der Waals surface area contributed by atoms with Crippen LogP contribution in [0.15, 0.2) is 18.2 Å². The first kappa shape index (κ1) is 22.7. The van der Waals surface area contributed by atoms with Crippen LogP contribution in [-0.2, 0) is 30.5 Å². The summed E-state index contributed by atoms with van der Waals surface area (Å²) < 4.78 is 56.5. The maximum atomic E-state index is 14.3. The Hall–Kier alpha value is -2.13. The van der Waals surface area contributed by atoms with Gasteiger partial charge in [0.05, 0.1) is 18.8 Å². The van der Waals surface area contributed by atoms with E-state index in [1.807, 2.05) is 0 Å². The molecule has 3 aliphatic rings. The molecule has 4 heterocycles. The third kappa shape index (κ3) is 4.62. The third-order valence-corrected chi connectivity index (χ3v) is 7.36. The molecule has 5 nitrogen and oxygen atoms in total. The average molecular weight is 485 g/mol. The lowest BCUT2D eigenvalue weighted by Crippen LogP contribution is -2.42. The minimum Gasteiger partial charge on any atom is -0.336 e. The van der Waals surface area contributed by atoms with Crippen LogP contribution in [-0.4, -0.2) is 39.2 Å². The first-order chi connectivity index (χ1) is 15.7. The zero-order valence-electron chi connectivity index (χ0n) is 18.0. The second kappa shape index (κ2) is 8.58. The number of aromatic nitrogens is 2. The van der Waals surface area contributed by atoms with E-state index in [4.69, 9.17) is 11.6 Å². The summed E-state index contributed by atoms with van der Waals surface area (Å²) in [6, 6.07) is 5.00. The highest BCUT2D eigenvalue weighted by molar-refractivity contribution is 6.30. The molecule has 0 saturated carbocycles. The lowest BCUT2D eigenvalue weighted by Gasteiger charge is -2.32. The van der Waals surface area contributed by atoms with Gasteiger partial charge in [-0.15, -0.1) is 0 Å². The van der Waals surface area contributed by atoms with Gasteiger partial charge in [0.25, 0.3) is 0 Å². The number of hydrogen-bond donors (Lipinski definition) is 1. The number of amides is 1. The Morgan fingerprint density at radius 1 is 1.21 bits per heavy atom. The van der Waals surface area contributed by atoms with Gasteiger partial charge in [0.2, 0.25) is 5.91 Å². The first-order valence-corrected chi connectivity index (χ1v) is 11.7. The fourth-order valence-corrected chi connectivity index (χ4v) is 5.74. The number of halogens is 5. The van der Waals surface area contributed by atoms with E-state index in [0.29, 0.717) is 30.1 Å². The van der Waals surface area contributed by atoms with Crippen LogP contribution in [0.3, 0.4) is 0 Å². The largest absolute Gasteiger partial charge is 0.435 e. The normalized spacial score (nSPS) is 24.8. The number of benzene rings is 1. The molecule has 2 fully saturated rings. The zero-order valence-corrected chi connectivity index (χ0v) is 18.7. The molecule has 2 unspecified atom stereocenters. The number of piperidine rings is 1. The topological polar surface area (TPSA) is 50.2 Å². The molecule has 2 saturated heterocycles. The molecule has 0 spiro atoms. The van der Waals surface area contributed by atoms with Gasteiger partial charge in [-0.25, -0.2) is 4.39 Å². The van der Waals surface area contributed by atoms with E-state index >= 15 is 0 Å². The lowest BCUT2D eigenvalue weighted by molar-refractivity contribution is -0.142. The van der Waals surface area contributed by atoms with E-state index in [1.54, 1.807) is 4.90 Å². The smallest absolute Gasteiger partial charge is 0.336 e. The minimum absolute atomic E-state index is 0.0362. The van der Waals surface area contributed by atoms with Crippen LogP contribution in [0.2, 0.25) is 5.02 Å². The minimum atomic E-state index is -4.62. The van der Waals surface area contributed by atoms with Gasteiger partial charge in [-0.3, -0.25) is 9.48 Å². The molecule has 10 heteroatoms. The van der Waals surface area contributed by atoms with Crippen molar-refractivity contribution < 1.29 is 22.4 Å². The predicted octanol–water partition coefficient (Wildman–Crippen LogP) is 4.55. The Morgan fingerprint density at radius 3 is 2.61 bits per heavy atom. The van der Waals surface area contributed by atoms with Crippen molar-refractivity contribution >= 4 is 17.5 Å². The highest BCUT2D eigenvalue weighted by atomic mass is 35.5. The van der Waals surface area contributed by atoms with Crippen molar-refractivity contribution in [3.8, 4) is 0 Å². The summed E-state index contributed by atoms with van der Waals surface area (Å²) in [7, 11) is 0. The lowest BCUT2D eigenvalue weighted by atomic mass is 9.89. The zero-order chi connectivity index (χ0) is 23.3. The van der Waals surface area contributed by atoms with Gasteiger partial charge in [0, 0.05) is 41.2 Å². The highest BCUT2D eigenvalue weighted by Crippen LogP contribution is 2.37. The Bertz CT molecular complexity index is 1060. The number of alkyl halides is 3. The van der Waals surface area contributed by atoms with Crippen molar-refractivity contribution in [1.29, 1.82) is 0 Å². The summed E-state index contributed by atoms with van der Waals surface area (Å²) in [5.41, 5.74) is -0.344. The second-order valence-corrected chi connectivity index (χ2v) is 9.85. The maximum Gasteiger partial charge on any atom is 0.435 e. The number of nitrogens with one attached hydrogen (secondary N) is 1. The molecule has 1 aromatic carbocycles. The van der Waals surface area contributed by atoms with Crippen molar-refractivity contribution in [3.05, 3.63) is 51.6 Å². The van der Waals surface area contributed by atoms with Gasteiger partial charge in [0.1, 0.15) is 5.82 Å². The number of carbonyl (C=O) groups excluding carboxylic acids is 1. The van der Waals surface area contributed by atoms with Crippen LogP contribution < -0.4 is 5.32 Å². The molecule has 1 aromatic heterocycles. The van der Waals surface area contributed by atoms with E-state index in [2.05, 4.69) is 10.4 Å². The summed E-state index contributed by atoms with van der Waals surface area (Å²) in [6.07, 6.45) is 0.0911. The summed E-state index contributed by atoms with van der Waals surface area (Å²) >= 11 is 5.80. The van der Waals surface area contributed by atoms with Crippen molar-refractivity contribution in [2.45, 2.75) is 69.9 Å². The second-order valence-electron chi connectivity index (χ2n) is 9.41. The SMILES string of the molecule is O=C(CC1CC2CCC(C1)N2)N1CCc2c(C(F)(F)F)nn(Cc3ccc(Cl)cc3F)c2C1. The molecule has 5 rings (SSSR count). The summed E-state index contributed by atoms with van der Waals surface area (Å²) in [4.78, 5) is 14.7. The summed E-state index contributed by atoms with van der Waals surface area (Å²) in [5, 5.41) is 7.57. The van der Waals surface area contributed by atoms with Gasteiger partial charge in [-0.05, 0) is 50.2 Å². The molecule has 33 heavy (non-hydrogen) atoms. The quantitative estimate of drug-likeness (QED) is 0.648. The monoisotopic (exact) mass is 484 g/mol. The Labute approximate surface area is 194 Å². The van der Waals surface area contributed by atoms with Crippen molar-refractivity contribution in [3.63, 3.8) is 0 Å². The van der Waals surface area contributed by atoms with E-state index in [9.17, 15) is 22.4 Å². The van der Waals surface area contributed by atoms with Crippen LogP contribution >= 0.6 is 11.6 Å². The van der Waals surface area contributed by atoms with E-state index in [-0.39, 0.29) is 48.1 Å². The molecule has 1 amide bonds. The van der Waals surface area contributed by atoms with E-state index < -0.39 is 17.7 Å². The molecule has 2 bridgehead atoms. The van der Waals surface area contributed by atoms with Gasteiger partial charge in [-0.2, -0.15) is 18.3 Å². The number of carbonyl (C=O) groups is 1. The molecule has 2 atom stereocenters. The molecule has 1 N–H and O–H groups in total. The standard InChI is InChI=1S/C23H25ClF4N4O/c24-15-2-1-14(19(25)10-15)11-32-20-12-31(6-5-18(20)22(30-32)23(26,27)28)21(33)9-13-7-16-3-4-17(8-13)29-16/h1-2,10,13,16-17,29H,3-9,11-12H2. The Morgan fingerprint density at radius 2 is 1.94 bits per heavy atom. The molecule has 3 aliphatic heterocycles. The Kier molecular flexibility index (Phi) is 5.89. The third-order valence-electron chi connectivity index (χ3n) is 7.13. The van der Waals surface area contributed by atoms with Crippen molar-refractivity contribution in [1.82, 2.24) is 20.0 Å². The van der Waals surface area contributed by atoms with Crippen LogP contribution in [0.1, 0.15) is 54.6 Å². The summed E-state index contributed by atoms with van der Waals surface area (Å²) in [5.74, 6) is -0.341. The molecular formula is C23H25ClF4N4O. The number of nitrogens with zero attached hydrogens (tertiary/aromatic N) is 3. The fourth-order valence-electron chi connectivity index (χ4n) is 5.58. The molecule has 178 valence electrons. The molecular weight excluding hydrogens is 460 g/mol. The summed E-state index contributed by atoms with van der Waals surface area (Å²) in [6.45, 7) is 0.110. The number of hydrogen-bond acceptors (Lipinski definition) is 3. The van der Waals surface area contributed by atoms with Gasteiger partial charge >= 0.3 is 6.18 Å². The van der Waals surface area contributed by atoms with Crippen molar-refractivity contribution in [2.24, 2.45) is 5.92 Å². The van der Waals surface area contributed by atoms with Gasteiger partial charge in [-0.1, -0.05) is 17.7 Å².